The average Bonchev–Trinajstić information content (AvgIpc) is 2.80. The van der Waals surface area contributed by atoms with Crippen molar-refractivity contribution in [2.75, 3.05) is 7.11 Å². The fraction of sp³-hybridized carbons (Fsp3) is 0.286. The van der Waals surface area contributed by atoms with E-state index in [1.165, 1.54) is 11.3 Å². The molecule has 0 unspecified atom stereocenters. The Morgan fingerprint density at radius 1 is 1.42 bits per heavy atom. The van der Waals surface area contributed by atoms with Crippen LogP contribution in [0.1, 0.15) is 33.3 Å². The number of hydrogen-bond acceptors (Lipinski definition) is 4. The van der Waals surface area contributed by atoms with Gasteiger partial charge in [-0.1, -0.05) is 12.1 Å². The molecule has 1 atom stereocenters. The first-order valence-corrected chi connectivity index (χ1v) is 7.60. The summed E-state index contributed by atoms with van der Waals surface area (Å²) in [5.74, 6) is 1.22. The van der Waals surface area contributed by atoms with Crippen molar-refractivity contribution >= 4 is 33.0 Å². The van der Waals surface area contributed by atoms with Crippen molar-refractivity contribution in [3.8, 4) is 5.75 Å². The molecule has 0 spiro atoms. The molecule has 1 aromatic carbocycles. The van der Waals surface area contributed by atoms with E-state index < -0.39 is 0 Å². The Kier molecular flexibility index (Phi) is 3.41. The molecule has 0 saturated heterocycles. The lowest BCUT2D eigenvalue weighted by Gasteiger charge is -2.20. The Morgan fingerprint density at radius 2 is 2.26 bits per heavy atom. The lowest BCUT2D eigenvalue weighted by Crippen LogP contribution is -2.17. The summed E-state index contributed by atoms with van der Waals surface area (Å²) in [6.45, 7) is 0. The first-order chi connectivity index (χ1) is 9.17. The van der Waals surface area contributed by atoms with Gasteiger partial charge in [-0.15, -0.1) is 11.3 Å². The summed E-state index contributed by atoms with van der Waals surface area (Å²) in [7, 11) is 1.65. The van der Waals surface area contributed by atoms with E-state index >= 15 is 0 Å². The van der Waals surface area contributed by atoms with E-state index in [1.807, 2.05) is 24.3 Å². The topological polar surface area (TPSA) is 39.2 Å². The van der Waals surface area contributed by atoms with Crippen LogP contribution in [0.15, 0.2) is 28.2 Å². The summed E-state index contributed by atoms with van der Waals surface area (Å²) < 4.78 is 6.03. The molecular weight excluding hydrogens is 326 g/mol. The highest BCUT2D eigenvalue weighted by Crippen LogP contribution is 2.37. The van der Waals surface area contributed by atoms with Crippen molar-refractivity contribution in [1.82, 2.24) is 4.98 Å². The number of ketones is 1. The number of ether oxygens (including phenoxy) is 1. The number of carbonyl (C=O) groups excluding carboxylic acids is 1. The van der Waals surface area contributed by atoms with Crippen LogP contribution < -0.4 is 4.74 Å². The Hall–Kier alpha value is -1.20. The van der Waals surface area contributed by atoms with E-state index in [2.05, 4.69) is 20.9 Å². The number of hydrogen-bond donors (Lipinski definition) is 0. The Bertz CT molecular complexity index is 638. The number of halogens is 1. The normalized spacial score (nSPS) is 18.2. The summed E-state index contributed by atoms with van der Waals surface area (Å²) in [5.41, 5.74) is 2.06. The summed E-state index contributed by atoms with van der Waals surface area (Å²) >= 11 is 4.79. The van der Waals surface area contributed by atoms with Crippen LogP contribution in [0.25, 0.3) is 0 Å². The second-order valence-electron chi connectivity index (χ2n) is 4.55. The number of aromatic nitrogens is 1. The van der Waals surface area contributed by atoms with Gasteiger partial charge in [0.2, 0.25) is 0 Å². The Labute approximate surface area is 123 Å². The van der Waals surface area contributed by atoms with Crippen molar-refractivity contribution in [1.29, 1.82) is 0 Å². The van der Waals surface area contributed by atoms with Crippen LogP contribution in [0.4, 0.5) is 0 Å². The Morgan fingerprint density at radius 3 is 3.05 bits per heavy atom. The van der Waals surface area contributed by atoms with Gasteiger partial charge in [-0.05, 0) is 46.0 Å². The van der Waals surface area contributed by atoms with E-state index in [1.54, 1.807) is 7.11 Å². The van der Waals surface area contributed by atoms with Crippen LogP contribution in [-0.2, 0) is 6.42 Å². The van der Waals surface area contributed by atoms with E-state index in [0.29, 0.717) is 6.42 Å². The SMILES string of the molecule is COc1cccc([C@@H]2CC(=O)c3sc(Br)nc3C2)c1. The fourth-order valence-corrected chi connectivity index (χ4v) is 3.90. The van der Waals surface area contributed by atoms with Gasteiger partial charge >= 0.3 is 0 Å². The van der Waals surface area contributed by atoms with Gasteiger partial charge < -0.3 is 4.74 Å². The van der Waals surface area contributed by atoms with Gasteiger partial charge in [-0.25, -0.2) is 4.98 Å². The highest BCUT2D eigenvalue weighted by molar-refractivity contribution is 9.11. The van der Waals surface area contributed by atoms with Crippen molar-refractivity contribution < 1.29 is 9.53 Å². The maximum Gasteiger partial charge on any atom is 0.175 e. The molecule has 0 aliphatic heterocycles. The number of thiazole rings is 1. The third-order valence-electron chi connectivity index (χ3n) is 3.36. The molecule has 0 amide bonds. The monoisotopic (exact) mass is 337 g/mol. The van der Waals surface area contributed by atoms with Crippen molar-refractivity contribution in [2.24, 2.45) is 0 Å². The molecule has 3 rings (SSSR count). The van der Waals surface area contributed by atoms with Crippen LogP contribution in [0.3, 0.4) is 0 Å². The van der Waals surface area contributed by atoms with Gasteiger partial charge in [-0.2, -0.15) is 0 Å². The van der Waals surface area contributed by atoms with Crippen LogP contribution in [0, 0.1) is 0 Å². The molecule has 1 aliphatic rings. The van der Waals surface area contributed by atoms with E-state index in [9.17, 15) is 4.79 Å². The lowest BCUT2D eigenvalue weighted by molar-refractivity contribution is 0.0968. The van der Waals surface area contributed by atoms with Gasteiger partial charge in [0.25, 0.3) is 0 Å². The summed E-state index contributed by atoms with van der Waals surface area (Å²) in [4.78, 5) is 17.4. The molecular formula is C14H12BrNO2S. The maximum absolute atomic E-state index is 12.2. The minimum absolute atomic E-state index is 0.192. The zero-order valence-corrected chi connectivity index (χ0v) is 12.8. The first-order valence-electron chi connectivity index (χ1n) is 5.99. The smallest absolute Gasteiger partial charge is 0.175 e. The number of benzene rings is 1. The van der Waals surface area contributed by atoms with E-state index in [0.717, 1.165) is 32.2 Å². The zero-order chi connectivity index (χ0) is 13.4. The second-order valence-corrected chi connectivity index (χ2v) is 6.82. The molecule has 0 N–H and O–H groups in total. The van der Waals surface area contributed by atoms with Gasteiger partial charge in [0.15, 0.2) is 9.70 Å². The highest BCUT2D eigenvalue weighted by atomic mass is 79.9. The predicted octanol–water partition coefficient (Wildman–Crippen LogP) is 3.83. The molecule has 0 bridgehead atoms. The highest BCUT2D eigenvalue weighted by Gasteiger charge is 2.29. The molecule has 1 aromatic heterocycles. The van der Waals surface area contributed by atoms with Gasteiger partial charge in [0, 0.05) is 6.42 Å². The van der Waals surface area contributed by atoms with Crippen molar-refractivity contribution in [3.63, 3.8) is 0 Å². The molecule has 1 heterocycles. The van der Waals surface area contributed by atoms with Crippen LogP contribution in [0.5, 0.6) is 5.75 Å². The number of Topliss-reactive ketones (excluding diaryl/α,β-unsaturated/α-hetero) is 1. The summed E-state index contributed by atoms with van der Waals surface area (Å²) in [5, 5.41) is 0. The number of carbonyl (C=O) groups is 1. The lowest BCUT2D eigenvalue weighted by atomic mass is 9.84. The summed E-state index contributed by atoms with van der Waals surface area (Å²) in [6.07, 6.45) is 1.37. The third-order valence-corrected chi connectivity index (χ3v) is 4.95. The molecule has 0 saturated carbocycles. The Balaban J connectivity index is 1.94. The molecule has 5 heteroatoms. The van der Waals surface area contributed by atoms with Gasteiger partial charge in [0.05, 0.1) is 17.7 Å². The molecule has 19 heavy (non-hydrogen) atoms. The van der Waals surface area contributed by atoms with Crippen LogP contribution in [0.2, 0.25) is 0 Å². The second kappa shape index (κ2) is 5.06. The minimum atomic E-state index is 0.192. The first kappa shape index (κ1) is 12.8. The fourth-order valence-electron chi connectivity index (χ4n) is 2.43. The third kappa shape index (κ3) is 2.44. The van der Waals surface area contributed by atoms with Crippen LogP contribution >= 0.6 is 27.3 Å². The number of fused-ring (bicyclic) bond motifs is 1. The standard InChI is InChI=1S/C14H12BrNO2S/c1-18-10-4-2-3-8(5-10)9-6-11-13(12(17)7-9)19-14(15)16-11/h2-5,9H,6-7H2,1H3/t9-/m0/s1. The number of rotatable bonds is 2. The van der Waals surface area contributed by atoms with E-state index in [4.69, 9.17) is 4.74 Å². The van der Waals surface area contributed by atoms with E-state index in [-0.39, 0.29) is 11.7 Å². The average molecular weight is 338 g/mol. The molecule has 98 valence electrons. The quantitative estimate of drug-likeness (QED) is 0.835. The molecule has 0 radical (unpaired) electrons. The van der Waals surface area contributed by atoms with Crippen molar-refractivity contribution in [3.05, 3.63) is 44.3 Å². The molecule has 0 fully saturated rings. The van der Waals surface area contributed by atoms with Crippen molar-refractivity contribution in [2.45, 2.75) is 18.8 Å². The molecule has 1 aliphatic carbocycles. The van der Waals surface area contributed by atoms with Gasteiger partial charge in [-0.3, -0.25) is 4.79 Å². The largest absolute Gasteiger partial charge is 0.497 e. The van der Waals surface area contributed by atoms with Gasteiger partial charge in [0.1, 0.15) is 5.75 Å². The van der Waals surface area contributed by atoms with Crippen LogP contribution in [-0.4, -0.2) is 17.9 Å². The molecule has 2 aromatic rings. The predicted molar refractivity (Wildman–Crippen MR) is 78.2 cm³/mol. The molecule has 3 nitrogen and oxygen atoms in total. The zero-order valence-electron chi connectivity index (χ0n) is 10.4. The maximum atomic E-state index is 12.2. The minimum Gasteiger partial charge on any atom is -0.497 e. The number of methoxy groups -OCH3 is 1. The number of nitrogens with zero attached hydrogens (tertiary/aromatic N) is 1. The summed E-state index contributed by atoms with van der Waals surface area (Å²) in [6, 6.07) is 7.93.